The average Bonchev–Trinajstić information content (AvgIpc) is 3.13. The van der Waals surface area contributed by atoms with Crippen LogP contribution in [0.1, 0.15) is 17.0 Å². The largest absolute Gasteiger partial charge is 0.377 e. The number of aromatic nitrogens is 3. The van der Waals surface area contributed by atoms with Gasteiger partial charge in [0.1, 0.15) is 6.54 Å². The van der Waals surface area contributed by atoms with Crippen LogP contribution < -0.4 is 10.6 Å². The maximum Gasteiger partial charge on any atom is 0.246 e. The van der Waals surface area contributed by atoms with Crippen LogP contribution in [0.5, 0.6) is 0 Å². The number of halogens is 2. The predicted octanol–water partition coefficient (Wildman–Crippen LogP) is 6.58. The van der Waals surface area contributed by atoms with Gasteiger partial charge in [0.05, 0.1) is 6.54 Å². The monoisotopic (exact) mass is 511 g/mol. The third-order valence-electron chi connectivity index (χ3n) is 5.46. The molecule has 34 heavy (non-hydrogen) atoms. The molecule has 2 N–H and O–H groups in total. The summed E-state index contributed by atoms with van der Waals surface area (Å²) in [5.74, 6) is 0.423. The molecular weight excluding hydrogens is 489 g/mol. The zero-order valence-corrected chi connectivity index (χ0v) is 21.0. The first-order valence-corrected chi connectivity index (χ1v) is 11.8. The van der Waals surface area contributed by atoms with Gasteiger partial charge in [-0.15, -0.1) is 0 Å². The lowest BCUT2D eigenvalue weighted by Crippen LogP contribution is -2.20. The molecule has 0 fully saturated rings. The van der Waals surface area contributed by atoms with Gasteiger partial charge in [-0.3, -0.25) is 9.36 Å². The Morgan fingerprint density at radius 1 is 0.912 bits per heavy atom. The molecule has 4 rings (SSSR count). The molecule has 0 aliphatic carbocycles. The van der Waals surface area contributed by atoms with Crippen LogP contribution in [0.15, 0.2) is 66.7 Å². The molecule has 0 aliphatic heterocycles. The minimum atomic E-state index is -0.246. The van der Waals surface area contributed by atoms with Crippen LogP contribution in [0.25, 0.3) is 5.69 Å². The van der Waals surface area contributed by atoms with Gasteiger partial charge >= 0.3 is 0 Å². The Hall–Kier alpha value is -3.13. The summed E-state index contributed by atoms with van der Waals surface area (Å²) in [6.45, 7) is 4.17. The van der Waals surface area contributed by atoms with Crippen molar-refractivity contribution in [3.05, 3.63) is 98.5 Å². The summed E-state index contributed by atoms with van der Waals surface area (Å²) in [4.78, 5) is 12.8. The summed E-state index contributed by atoms with van der Waals surface area (Å²) >= 11 is 18.2. The molecule has 4 aromatic rings. The SMILES string of the molecule is Cc1c(Cl)cccc1NCc1nn(CC(=O)Nc2cccc(Cl)c2C)c(=S)n1-c1ccccc1. The molecule has 0 atom stereocenters. The van der Waals surface area contributed by atoms with Gasteiger partial charge in [-0.05, 0) is 73.6 Å². The van der Waals surface area contributed by atoms with Gasteiger partial charge in [0.2, 0.25) is 10.7 Å². The molecule has 0 unspecified atom stereocenters. The molecule has 3 aromatic carbocycles. The minimum absolute atomic E-state index is 0.0339. The Morgan fingerprint density at radius 2 is 1.53 bits per heavy atom. The lowest BCUT2D eigenvalue weighted by Gasteiger charge is -2.11. The van der Waals surface area contributed by atoms with Crippen LogP contribution in [0.2, 0.25) is 10.0 Å². The fourth-order valence-electron chi connectivity index (χ4n) is 3.55. The highest BCUT2D eigenvalue weighted by Gasteiger charge is 2.16. The van der Waals surface area contributed by atoms with Crippen molar-refractivity contribution in [2.24, 2.45) is 0 Å². The second kappa shape index (κ2) is 10.4. The van der Waals surface area contributed by atoms with Crippen LogP contribution in [-0.2, 0) is 17.9 Å². The number of hydrogen-bond donors (Lipinski definition) is 2. The Labute approximate surface area is 213 Å². The van der Waals surface area contributed by atoms with E-state index < -0.39 is 0 Å². The second-order valence-corrected chi connectivity index (χ2v) is 8.93. The van der Waals surface area contributed by atoms with Gasteiger partial charge in [0, 0.05) is 27.1 Å². The number of anilines is 2. The molecule has 0 saturated heterocycles. The highest BCUT2D eigenvalue weighted by Crippen LogP contribution is 2.24. The van der Waals surface area contributed by atoms with Gasteiger partial charge in [-0.2, -0.15) is 5.10 Å². The van der Waals surface area contributed by atoms with E-state index in [1.807, 2.05) is 73.0 Å². The van der Waals surface area contributed by atoms with Gasteiger partial charge in [0.25, 0.3) is 0 Å². The molecule has 1 heterocycles. The van der Waals surface area contributed by atoms with Gasteiger partial charge in [-0.1, -0.05) is 53.5 Å². The maximum atomic E-state index is 12.8. The summed E-state index contributed by atoms with van der Waals surface area (Å²) in [5.41, 5.74) is 4.18. The van der Waals surface area contributed by atoms with Crippen LogP contribution in [0.3, 0.4) is 0 Å². The van der Waals surface area contributed by atoms with Crippen LogP contribution in [0, 0.1) is 18.6 Å². The lowest BCUT2D eigenvalue weighted by molar-refractivity contribution is -0.116. The van der Waals surface area contributed by atoms with Crippen molar-refractivity contribution in [3.8, 4) is 5.69 Å². The number of amides is 1. The van der Waals surface area contributed by atoms with E-state index in [0.29, 0.717) is 32.9 Å². The quantitative estimate of drug-likeness (QED) is 0.275. The highest BCUT2D eigenvalue weighted by molar-refractivity contribution is 7.71. The summed E-state index contributed by atoms with van der Waals surface area (Å²) in [6.07, 6.45) is 0. The predicted molar refractivity (Wildman–Crippen MR) is 141 cm³/mol. The average molecular weight is 512 g/mol. The highest BCUT2D eigenvalue weighted by atomic mass is 35.5. The zero-order valence-electron chi connectivity index (χ0n) is 18.7. The van der Waals surface area contributed by atoms with Crippen molar-refractivity contribution in [1.82, 2.24) is 14.3 Å². The third kappa shape index (κ3) is 5.17. The first-order valence-electron chi connectivity index (χ1n) is 10.6. The topological polar surface area (TPSA) is 63.9 Å². The van der Waals surface area contributed by atoms with E-state index in [-0.39, 0.29) is 12.5 Å². The van der Waals surface area contributed by atoms with E-state index in [4.69, 9.17) is 35.4 Å². The molecule has 174 valence electrons. The minimum Gasteiger partial charge on any atom is -0.377 e. The molecule has 6 nitrogen and oxygen atoms in total. The number of para-hydroxylation sites is 1. The van der Waals surface area contributed by atoms with E-state index >= 15 is 0 Å². The van der Waals surface area contributed by atoms with Crippen molar-refractivity contribution >= 4 is 52.7 Å². The number of benzene rings is 3. The standard InChI is InChI=1S/C25H23Cl2N5OS/c1-16-19(26)10-6-12-21(16)28-14-23-30-31(25(34)32(23)18-8-4-3-5-9-18)15-24(33)29-22-13-7-11-20(27)17(22)2/h3-13,28H,14-15H2,1-2H3,(H,29,33). The third-order valence-corrected chi connectivity index (χ3v) is 6.67. The molecule has 0 spiro atoms. The van der Waals surface area contributed by atoms with E-state index in [0.717, 1.165) is 22.5 Å². The van der Waals surface area contributed by atoms with E-state index in [1.54, 1.807) is 12.1 Å². The number of rotatable bonds is 7. The second-order valence-electron chi connectivity index (χ2n) is 7.75. The van der Waals surface area contributed by atoms with E-state index in [9.17, 15) is 4.79 Å². The smallest absolute Gasteiger partial charge is 0.246 e. The molecule has 1 aromatic heterocycles. The summed E-state index contributed by atoms with van der Waals surface area (Å²) in [7, 11) is 0. The van der Waals surface area contributed by atoms with Gasteiger partial charge in [0.15, 0.2) is 5.82 Å². The van der Waals surface area contributed by atoms with Crippen LogP contribution in [-0.4, -0.2) is 20.3 Å². The first kappa shape index (κ1) is 24.0. The van der Waals surface area contributed by atoms with Crippen molar-refractivity contribution in [2.75, 3.05) is 10.6 Å². The zero-order chi connectivity index (χ0) is 24.2. The molecule has 0 aliphatic rings. The molecule has 0 saturated carbocycles. The Morgan fingerprint density at radius 3 is 2.21 bits per heavy atom. The maximum absolute atomic E-state index is 12.8. The van der Waals surface area contributed by atoms with E-state index in [1.165, 1.54) is 4.68 Å². The Balaban J connectivity index is 1.62. The molecule has 0 radical (unpaired) electrons. The van der Waals surface area contributed by atoms with Crippen LogP contribution >= 0.6 is 35.4 Å². The van der Waals surface area contributed by atoms with Gasteiger partial charge < -0.3 is 10.6 Å². The van der Waals surface area contributed by atoms with Crippen molar-refractivity contribution in [2.45, 2.75) is 26.9 Å². The van der Waals surface area contributed by atoms with Crippen LogP contribution in [0.4, 0.5) is 11.4 Å². The fraction of sp³-hybridized carbons (Fsp3) is 0.160. The summed E-state index contributed by atoms with van der Waals surface area (Å²) in [6, 6.07) is 20.8. The van der Waals surface area contributed by atoms with E-state index in [2.05, 4.69) is 15.7 Å². The first-order chi connectivity index (χ1) is 16.3. The number of hydrogen-bond acceptors (Lipinski definition) is 4. The molecule has 0 bridgehead atoms. The lowest BCUT2D eigenvalue weighted by atomic mass is 10.2. The molecular formula is C25H23Cl2N5OS. The summed E-state index contributed by atoms with van der Waals surface area (Å²) < 4.78 is 3.81. The Kier molecular flexibility index (Phi) is 7.36. The number of carbonyl (C=O) groups is 1. The van der Waals surface area contributed by atoms with Crippen molar-refractivity contribution < 1.29 is 4.79 Å². The van der Waals surface area contributed by atoms with Crippen molar-refractivity contribution in [3.63, 3.8) is 0 Å². The number of nitrogens with zero attached hydrogens (tertiary/aromatic N) is 3. The molecule has 1 amide bonds. The molecule has 9 heteroatoms. The normalized spacial score (nSPS) is 10.8. The van der Waals surface area contributed by atoms with Gasteiger partial charge in [-0.25, -0.2) is 4.68 Å². The number of nitrogens with one attached hydrogen (secondary N) is 2. The fourth-order valence-corrected chi connectivity index (χ4v) is 4.21. The Bertz CT molecular complexity index is 1400. The van der Waals surface area contributed by atoms with Crippen molar-refractivity contribution in [1.29, 1.82) is 0 Å². The summed E-state index contributed by atoms with van der Waals surface area (Å²) in [5, 5.41) is 12.2. The number of carbonyl (C=O) groups excluding carboxylic acids is 1.